The van der Waals surface area contributed by atoms with Crippen molar-refractivity contribution in [2.75, 3.05) is 11.9 Å². The number of hydrogen-bond donors (Lipinski definition) is 1. The van der Waals surface area contributed by atoms with Gasteiger partial charge < -0.3 is 4.74 Å². The summed E-state index contributed by atoms with van der Waals surface area (Å²) in [4.78, 5) is 17.5. The molecule has 0 aromatic carbocycles. The fraction of sp³-hybridized carbons (Fsp3) is 0.571. The third-order valence-corrected chi connectivity index (χ3v) is 5.46. The van der Waals surface area contributed by atoms with Crippen molar-refractivity contribution < 1.29 is 9.53 Å². The number of aromatic nitrogens is 3. The summed E-state index contributed by atoms with van der Waals surface area (Å²) in [6.45, 7) is 4.93. The Kier molecular flexibility index (Phi) is 5.25. The zero-order valence-corrected chi connectivity index (χ0v) is 15.2. The van der Waals surface area contributed by atoms with Crippen molar-refractivity contribution in [3.8, 4) is 0 Å². The quantitative estimate of drug-likeness (QED) is 0.859. The van der Waals surface area contributed by atoms with E-state index in [0.29, 0.717) is 21.2 Å². The number of halogens is 1. The minimum absolute atomic E-state index is 0.00312. The fourth-order valence-corrected chi connectivity index (χ4v) is 4.53. The van der Waals surface area contributed by atoms with Gasteiger partial charge in [-0.05, 0) is 25.2 Å². The summed E-state index contributed by atoms with van der Waals surface area (Å²) >= 11 is 8.66. The van der Waals surface area contributed by atoms with E-state index >= 15 is 0 Å². The van der Waals surface area contributed by atoms with Gasteiger partial charge in [0, 0.05) is 11.5 Å². The summed E-state index contributed by atoms with van der Waals surface area (Å²) < 4.78 is 5.95. The Morgan fingerprint density at radius 1 is 1.43 bits per heavy atom. The van der Waals surface area contributed by atoms with E-state index in [9.17, 15) is 4.79 Å². The maximum Gasteiger partial charge on any atom is 0.277 e. The van der Waals surface area contributed by atoms with Crippen LogP contribution in [0.1, 0.15) is 53.2 Å². The van der Waals surface area contributed by atoms with E-state index in [4.69, 9.17) is 16.3 Å². The van der Waals surface area contributed by atoms with Crippen LogP contribution in [0.15, 0.2) is 0 Å². The highest BCUT2D eigenvalue weighted by atomic mass is 35.5. The Labute approximate surface area is 147 Å². The molecule has 1 amide bonds. The number of carbonyl (C=O) groups is 1. The van der Waals surface area contributed by atoms with E-state index in [1.54, 1.807) is 0 Å². The van der Waals surface area contributed by atoms with E-state index in [1.807, 2.05) is 0 Å². The van der Waals surface area contributed by atoms with Gasteiger partial charge in [-0.2, -0.15) is 0 Å². The number of thiazole rings is 1. The predicted octanol–water partition coefficient (Wildman–Crippen LogP) is 3.95. The van der Waals surface area contributed by atoms with Gasteiger partial charge in [0.1, 0.15) is 16.8 Å². The Morgan fingerprint density at radius 3 is 2.96 bits per heavy atom. The molecule has 1 N–H and O–H groups in total. The van der Waals surface area contributed by atoms with E-state index in [1.165, 1.54) is 22.7 Å². The lowest BCUT2D eigenvalue weighted by atomic mass is 10.1. The fourth-order valence-electron chi connectivity index (χ4n) is 2.35. The molecular weight excluding hydrogens is 356 g/mol. The van der Waals surface area contributed by atoms with Gasteiger partial charge in [-0.3, -0.25) is 10.1 Å². The lowest BCUT2D eigenvalue weighted by molar-refractivity contribution is 0.102. The highest BCUT2D eigenvalue weighted by molar-refractivity contribution is 7.16. The smallest absolute Gasteiger partial charge is 0.277 e. The van der Waals surface area contributed by atoms with Crippen LogP contribution in [0, 0.1) is 5.92 Å². The first-order valence-electron chi connectivity index (χ1n) is 7.44. The molecule has 1 aliphatic heterocycles. The number of amides is 1. The Hall–Kier alpha value is -1.09. The van der Waals surface area contributed by atoms with Gasteiger partial charge in [-0.25, -0.2) is 4.98 Å². The standard InChI is InChI=1S/C14H17ClN4O2S2/c1-7(2)6-9-10(16-13(15)22-9)11(20)17-14-19-18-12(23-14)8-4-3-5-21-8/h7-8H,3-6H2,1-2H3,(H,17,19,20)/t8-/m0/s1. The van der Waals surface area contributed by atoms with Crippen molar-refractivity contribution in [3.05, 3.63) is 20.0 Å². The minimum atomic E-state index is -0.293. The van der Waals surface area contributed by atoms with Gasteiger partial charge in [-0.15, -0.1) is 21.5 Å². The van der Waals surface area contributed by atoms with E-state index in [0.717, 1.165) is 35.8 Å². The van der Waals surface area contributed by atoms with E-state index in [2.05, 4.69) is 34.3 Å². The number of nitrogens with zero attached hydrogens (tertiary/aromatic N) is 3. The lowest BCUT2D eigenvalue weighted by Crippen LogP contribution is -2.14. The summed E-state index contributed by atoms with van der Waals surface area (Å²) in [6.07, 6.45) is 2.75. The second kappa shape index (κ2) is 7.21. The van der Waals surface area contributed by atoms with Crippen LogP contribution < -0.4 is 5.32 Å². The van der Waals surface area contributed by atoms with Gasteiger partial charge in [0.15, 0.2) is 4.47 Å². The number of carbonyl (C=O) groups excluding carboxylic acids is 1. The largest absolute Gasteiger partial charge is 0.371 e. The van der Waals surface area contributed by atoms with Crippen LogP contribution in [0.3, 0.4) is 0 Å². The summed E-state index contributed by atoms with van der Waals surface area (Å²) in [7, 11) is 0. The van der Waals surface area contributed by atoms with Crippen LogP contribution in [-0.4, -0.2) is 27.7 Å². The number of nitrogens with one attached hydrogen (secondary N) is 1. The molecule has 0 spiro atoms. The van der Waals surface area contributed by atoms with Gasteiger partial charge in [-0.1, -0.05) is 36.8 Å². The molecular formula is C14H17ClN4O2S2. The first-order chi connectivity index (χ1) is 11.0. The molecule has 0 saturated carbocycles. The Balaban J connectivity index is 1.71. The summed E-state index contributed by atoms with van der Waals surface area (Å²) in [5.41, 5.74) is 0.377. The second-order valence-corrected chi connectivity index (χ2v) is 8.41. The van der Waals surface area contributed by atoms with Crippen molar-refractivity contribution in [1.82, 2.24) is 15.2 Å². The topological polar surface area (TPSA) is 77.0 Å². The summed E-state index contributed by atoms with van der Waals surface area (Å²) in [6, 6.07) is 0. The van der Waals surface area contributed by atoms with Crippen LogP contribution in [0.4, 0.5) is 5.13 Å². The lowest BCUT2D eigenvalue weighted by Gasteiger charge is -2.04. The average Bonchev–Trinajstić information content (AvgIpc) is 3.18. The monoisotopic (exact) mass is 372 g/mol. The molecule has 1 aliphatic rings. The minimum Gasteiger partial charge on any atom is -0.371 e. The van der Waals surface area contributed by atoms with E-state index in [-0.39, 0.29) is 12.0 Å². The summed E-state index contributed by atoms with van der Waals surface area (Å²) in [5.74, 6) is 0.129. The Morgan fingerprint density at radius 2 is 2.26 bits per heavy atom. The number of anilines is 1. The summed E-state index contributed by atoms with van der Waals surface area (Å²) in [5, 5.41) is 12.2. The molecule has 3 rings (SSSR count). The Bertz CT molecular complexity index is 695. The van der Waals surface area contributed by atoms with Crippen LogP contribution in [0.5, 0.6) is 0 Å². The molecule has 2 aromatic heterocycles. The zero-order chi connectivity index (χ0) is 16.4. The van der Waals surface area contributed by atoms with Gasteiger partial charge in [0.25, 0.3) is 5.91 Å². The molecule has 0 bridgehead atoms. The molecule has 1 atom stereocenters. The molecule has 1 fully saturated rings. The molecule has 9 heteroatoms. The second-order valence-electron chi connectivity index (χ2n) is 5.74. The van der Waals surface area contributed by atoms with Crippen molar-refractivity contribution >= 4 is 45.3 Å². The molecule has 6 nitrogen and oxygen atoms in total. The van der Waals surface area contributed by atoms with E-state index < -0.39 is 0 Å². The third-order valence-electron chi connectivity index (χ3n) is 3.35. The van der Waals surface area contributed by atoms with Crippen molar-refractivity contribution in [3.63, 3.8) is 0 Å². The highest BCUT2D eigenvalue weighted by Gasteiger charge is 2.24. The molecule has 3 heterocycles. The third kappa shape index (κ3) is 4.06. The first kappa shape index (κ1) is 16.8. The van der Waals surface area contributed by atoms with Gasteiger partial charge in [0.2, 0.25) is 5.13 Å². The molecule has 23 heavy (non-hydrogen) atoms. The molecule has 0 unspecified atom stereocenters. The van der Waals surface area contributed by atoms with Crippen molar-refractivity contribution in [1.29, 1.82) is 0 Å². The molecule has 0 radical (unpaired) electrons. The van der Waals surface area contributed by atoms with Crippen LogP contribution in [0.25, 0.3) is 0 Å². The normalized spacial score (nSPS) is 17.8. The highest BCUT2D eigenvalue weighted by Crippen LogP contribution is 2.32. The van der Waals surface area contributed by atoms with Crippen LogP contribution >= 0.6 is 34.3 Å². The van der Waals surface area contributed by atoms with Crippen molar-refractivity contribution in [2.45, 2.75) is 39.2 Å². The van der Waals surface area contributed by atoms with Crippen LogP contribution in [0.2, 0.25) is 4.47 Å². The number of rotatable bonds is 5. The molecule has 0 aliphatic carbocycles. The molecule has 2 aromatic rings. The van der Waals surface area contributed by atoms with Gasteiger partial charge in [0.05, 0.1) is 0 Å². The maximum atomic E-state index is 12.4. The van der Waals surface area contributed by atoms with Gasteiger partial charge >= 0.3 is 0 Å². The maximum absolute atomic E-state index is 12.4. The zero-order valence-electron chi connectivity index (χ0n) is 12.8. The predicted molar refractivity (Wildman–Crippen MR) is 91.5 cm³/mol. The number of hydrogen-bond acceptors (Lipinski definition) is 7. The average molecular weight is 373 g/mol. The molecule has 1 saturated heterocycles. The first-order valence-corrected chi connectivity index (χ1v) is 9.45. The van der Waals surface area contributed by atoms with Crippen molar-refractivity contribution in [2.24, 2.45) is 5.92 Å². The SMILES string of the molecule is CC(C)Cc1sc(Cl)nc1C(=O)Nc1nnc([C@@H]2CCCO2)s1. The number of ether oxygens (including phenoxy) is 1. The van der Waals surface area contributed by atoms with Crippen LogP contribution in [-0.2, 0) is 11.2 Å². The molecule has 124 valence electrons.